The van der Waals surface area contributed by atoms with E-state index in [-0.39, 0.29) is 45.4 Å². The number of nitrogens with one attached hydrogen (secondary N) is 1. The number of hydrogen-bond acceptors (Lipinski definition) is 26. The molecule has 0 saturated carbocycles. The molecule has 0 unspecified atom stereocenters. The second kappa shape index (κ2) is 108. The maximum Gasteiger partial charge on any atom is 0.320 e. The molecule has 0 bridgehead atoms. The maximum atomic E-state index is 10.9. The van der Waals surface area contributed by atoms with E-state index in [2.05, 4.69) is 67.4 Å². The molecule has 0 aliphatic carbocycles. The predicted octanol–water partition coefficient (Wildman–Crippen LogP) is 8.45. The van der Waals surface area contributed by atoms with Gasteiger partial charge in [-0.3, -0.25) is 9.59 Å². The number of rotatable bonds is 50. The number of unbranched alkanes of at least 4 members (excludes halogenated alkanes) is 2. The van der Waals surface area contributed by atoms with E-state index >= 15 is 0 Å². The molecule has 0 aromatic heterocycles. The molecule has 0 aliphatic rings. The Morgan fingerprint density at radius 1 is 0.326 bits per heavy atom. The number of nitrogens with zero attached hydrogens (tertiary/aromatic N) is 8. The van der Waals surface area contributed by atoms with Crippen molar-refractivity contribution in [2.45, 2.75) is 70.6 Å². The summed E-state index contributed by atoms with van der Waals surface area (Å²) < 4.78 is 72.8. The third-order valence-corrected chi connectivity index (χ3v) is 7.46. The van der Waals surface area contributed by atoms with Crippen LogP contribution in [-0.2, 0) is 80.6 Å². The fourth-order valence-corrected chi connectivity index (χ4v) is 3.86. The number of carbonyl (C=O) groups is 2. The Hall–Kier alpha value is -8.90. The average Bonchev–Trinajstić information content (AvgIpc) is 3.52. The van der Waals surface area contributed by atoms with Crippen molar-refractivity contribution in [1.82, 2.24) is 5.32 Å². The van der Waals surface area contributed by atoms with E-state index in [9.17, 15) is 9.59 Å². The van der Waals surface area contributed by atoms with Crippen LogP contribution in [0.3, 0.4) is 0 Å². The van der Waals surface area contributed by atoms with Gasteiger partial charge in [0.25, 0.3) is 0 Å². The summed E-state index contributed by atoms with van der Waals surface area (Å²) in [5, 5.41) is 67.6. The molecule has 0 rings (SSSR count). The highest BCUT2D eigenvalue weighted by molar-refractivity contribution is 5.72. The van der Waals surface area contributed by atoms with Gasteiger partial charge in [0.05, 0.1) is 191 Å². The Kier molecular flexibility index (Phi) is 117. The smallest absolute Gasteiger partial charge is 0.320 e. The first-order valence-corrected chi connectivity index (χ1v) is 26.7. The molecular weight excluding hydrogens is 1120 g/mol. The van der Waals surface area contributed by atoms with Gasteiger partial charge in [-0.2, -0.15) is 42.1 Å². The minimum atomic E-state index is -0.528. The lowest BCUT2D eigenvalue weighted by Gasteiger charge is -2.04. The summed E-state index contributed by atoms with van der Waals surface area (Å²) >= 11 is 0. The van der Waals surface area contributed by atoms with Crippen molar-refractivity contribution in [3.05, 3.63) is 103 Å². The van der Waals surface area contributed by atoms with Crippen LogP contribution in [0.5, 0.6) is 0 Å². The standard InChI is InChI=1S/C9H14N2O3.C9H15NO2.2C8H13NO2.C7H9NO3.C7H11NO2.C6H9NO2.C6H9NO/c1-2-13-6-7-14-9(12)8-11-5-3-4-10;1-2-11-7-3-4-8-12-9-5-6-10;1-2-10-7-4-8-11-6-3-5-9;1-2-10-7-8-11-6-4-3-5-9;1-2-10-5-6-11-7(9)3-4-8;1-2-9-6-7-10-5-3-4-8;1-2-8-5-6-9-4-3-7;1-2-5-8-6-3-4-7/h2,11H,1,3,5-8H2;2H,1,3-5,7-9H2;2*2H,1,3-4,6-8H2;2H,1,3,5-6H2;2H,1,3,5-7H2;2H,1,4-6H2;2H,1,3,5-6H2. The first-order chi connectivity index (χ1) is 42.1. The number of ether oxygens (including phenoxy) is 15. The predicted molar refractivity (Wildman–Crippen MR) is 319 cm³/mol. The third kappa shape index (κ3) is 136. The number of esters is 2. The zero-order valence-corrected chi connectivity index (χ0v) is 50.3. The molecule has 0 spiro atoms. The summed E-state index contributed by atoms with van der Waals surface area (Å²) in [6.45, 7) is 37.7. The monoisotopic (exact) mass is 1210 g/mol. The van der Waals surface area contributed by atoms with Crippen LogP contribution in [0.1, 0.15) is 70.6 Å². The minimum absolute atomic E-state index is 0.121. The van der Waals surface area contributed by atoms with Crippen molar-refractivity contribution in [3.63, 3.8) is 0 Å². The van der Waals surface area contributed by atoms with E-state index in [0.29, 0.717) is 157 Å². The number of carbonyl (C=O) groups excluding carboxylic acids is 2. The van der Waals surface area contributed by atoms with Crippen LogP contribution in [0.4, 0.5) is 0 Å². The summed E-state index contributed by atoms with van der Waals surface area (Å²) in [6, 6.07) is 15.5. The van der Waals surface area contributed by atoms with Gasteiger partial charge in [-0.25, -0.2) is 0 Å². The molecule has 1 N–H and O–H groups in total. The van der Waals surface area contributed by atoms with Crippen molar-refractivity contribution in [3.8, 4) is 48.6 Å². The van der Waals surface area contributed by atoms with E-state index in [1.165, 1.54) is 43.8 Å². The second-order valence-electron chi connectivity index (χ2n) is 14.1. The Morgan fingerprint density at radius 2 is 0.674 bits per heavy atom. The van der Waals surface area contributed by atoms with Gasteiger partial charge in [-0.1, -0.05) is 52.1 Å². The minimum Gasteiger partial charge on any atom is -0.502 e. The highest BCUT2D eigenvalue weighted by Crippen LogP contribution is 1.93. The molecule has 0 fully saturated rings. The Morgan fingerprint density at radius 3 is 1.09 bits per heavy atom. The molecule has 0 radical (unpaired) electrons. The summed E-state index contributed by atoms with van der Waals surface area (Å²) in [5.41, 5.74) is 0. The van der Waals surface area contributed by atoms with Crippen LogP contribution in [0.15, 0.2) is 103 Å². The van der Waals surface area contributed by atoms with E-state index in [1.807, 2.05) is 42.5 Å². The lowest BCUT2D eigenvalue weighted by Crippen LogP contribution is -2.26. The zero-order valence-electron chi connectivity index (χ0n) is 50.3. The fourth-order valence-electron chi connectivity index (χ4n) is 3.86. The first-order valence-electron chi connectivity index (χ1n) is 26.7. The summed E-state index contributed by atoms with van der Waals surface area (Å²) in [6.07, 6.45) is 17.3. The molecule has 0 saturated heterocycles. The quantitative estimate of drug-likeness (QED) is 0.0258. The Balaban J connectivity index is -0.000000135. The molecule has 26 heteroatoms. The van der Waals surface area contributed by atoms with Crippen molar-refractivity contribution in [2.75, 3.05) is 152 Å². The van der Waals surface area contributed by atoms with E-state index in [4.69, 9.17) is 104 Å². The SMILES string of the molecule is C=CCOCCC#N.C=COCCCCOCCC#N.C=COCCCOCCC#N.C=COCCOC(=O)CC#N.C=COCCOC(=O)CNCCC#N.C=COCCOCC#N.C=COCCOCCC#N.C=COCCOCCCC#N. The van der Waals surface area contributed by atoms with Gasteiger partial charge in [-0.15, -0.1) is 6.58 Å². The Bertz CT molecular complexity index is 1860. The lowest BCUT2D eigenvalue weighted by molar-refractivity contribution is -0.144. The second-order valence-corrected chi connectivity index (χ2v) is 14.1. The van der Waals surface area contributed by atoms with Crippen LogP contribution in [0, 0.1) is 90.6 Å². The molecule has 0 aliphatic heterocycles. The summed E-state index contributed by atoms with van der Waals surface area (Å²) in [4.78, 5) is 21.4. The van der Waals surface area contributed by atoms with Crippen molar-refractivity contribution in [2.24, 2.45) is 0 Å². The van der Waals surface area contributed by atoms with Gasteiger partial charge in [0.1, 0.15) is 59.3 Å². The molecule has 0 aromatic carbocycles. The maximum absolute atomic E-state index is 10.9. The zero-order chi connectivity index (χ0) is 65.8. The van der Waals surface area contributed by atoms with E-state index in [1.54, 1.807) is 12.1 Å². The Labute approximate surface area is 512 Å². The fraction of sp³-hybridized carbons (Fsp3) is 0.567. The summed E-state index contributed by atoms with van der Waals surface area (Å²) in [5.74, 6) is -0.879. The van der Waals surface area contributed by atoms with Gasteiger partial charge in [0.15, 0.2) is 0 Å². The number of hydrogen-bond donors (Lipinski definition) is 1. The van der Waals surface area contributed by atoms with Crippen LogP contribution in [-0.4, -0.2) is 164 Å². The molecule has 0 amide bonds. The van der Waals surface area contributed by atoms with Crippen LogP contribution < -0.4 is 5.32 Å². The third-order valence-electron chi connectivity index (χ3n) is 7.46. The molecule has 86 heavy (non-hydrogen) atoms. The molecule has 26 nitrogen and oxygen atoms in total. The van der Waals surface area contributed by atoms with Gasteiger partial charge in [0, 0.05) is 45.6 Å². The van der Waals surface area contributed by atoms with Crippen molar-refractivity contribution >= 4 is 11.9 Å². The first kappa shape index (κ1) is 93.5. The molecule has 480 valence electrons. The normalized spacial score (nSPS) is 8.42. The lowest BCUT2D eigenvalue weighted by atomic mass is 10.3. The van der Waals surface area contributed by atoms with Gasteiger partial charge >= 0.3 is 11.9 Å². The topological polar surface area (TPSA) is 375 Å². The van der Waals surface area contributed by atoms with Gasteiger partial charge in [-0.05, 0) is 19.3 Å². The van der Waals surface area contributed by atoms with Crippen LogP contribution >= 0.6 is 0 Å². The molecule has 0 heterocycles. The number of nitriles is 8. The largest absolute Gasteiger partial charge is 0.502 e. The van der Waals surface area contributed by atoms with Gasteiger partial charge < -0.3 is 76.4 Å². The van der Waals surface area contributed by atoms with E-state index in [0.717, 1.165) is 25.7 Å². The van der Waals surface area contributed by atoms with Crippen LogP contribution in [0.2, 0.25) is 0 Å². The molecule has 0 atom stereocenters. The van der Waals surface area contributed by atoms with Gasteiger partial charge in [0.2, 0.25) is 0 Å². The van der Waals surface area contributed by atoms with Crippen molar-refractivity contribution < 1.29 is 80.6 Å². The molecular formula is C60H93N9O17. The summed E-state index contributed by atoms with van der Waals surface area (Å²) in [7, 11) is 0. The molecule has 0 aromatic rings. The highest BCUT2D eigenvalue weighted by atomic mass is 16.6. The average molecular weight is 1210 g/mol. The highest BCUT2D eigenvalue weighted by Gasteiger charge is 2.01. The van der Waals surface area contributed by atoms with Crippen molar-refractivity contribution in [1.29, 1.82) is 42.1 Å². The van der Waals surface area contributed by atoms with E-state index < -0.39 is 5.97 Å². The van der Waals surface area contributed by atoms with Crippen LogP contribution in [0.25, 0.3) is 0 Å².